The highest BCUT2D eigenvalue weighted by Gasteiger charge is 2.23. The molecular weight excluding hydrogens is 302 g/mol. The number of pyridine rings is 1. The first kappa shape index (κ1) is 17.2. The fourth-order valence-corrected chi connectivity index (χ4v) is 4.04. The van der Waals surface area contributed by atoms with E-state index in [9.17, 15) is 9.59 Å². The van der Waals surface area contributed by atoms with Gasteiger partial charge in [-0.25, -0.2) is 0 Å². The summed E-state index contributed by atoms with van der Waals surface area (Å²) in [5, 5.41) is 3.23. The van der Waals surface area contributed by atoms with Gasteiger partial charge in [-0.1, -0.05) is 25.7 Å². The van der Waals surface area contributed by atoms with E-state index in [1.807, 2.05) is 6.07 Å². The van der Waals surface area contributed by atoms with Gasteiger partial charge in [0.05, 0.1) is 6.54 Å². The Morgan fingerprint density at radius 3 is 2.50 bits per heavy atom. The number of amides is 1. The summed E-state index contributed by atoms with van der Waals surface area (Å²) in [6, 6.07) is 4.09. The summed E-state index contributed by atoms with van der Waals surface area (Å²) in [5.74, 6) is 0.616. The summed E-state index contributed by atoms with van der Waals surface area (Å²) in [6.07, 6.45) is 11.1. The molecule has 0 aromatic carbocycles. The van der Waals surface area contributed by atoms with E-state index in [2.05, 4.69) is 15.2 Å². The highest BCUT2D eigenvalue weighted by atomic mass is 16.2. The summed E-state index contributed by atoms with van der Waals surface area (Å²) < 4.78 is 0. The molecule has 24 heavy (non-hydrogen) atoms. The second-order valence-electron chi connectivity index (χ2n) is 7.29. The van der Waals surface area contributed by atoms with E-state index in [1.54, 1.807) is 12.3 Å². The van der Waals surface area contributed by atoms with Gasteiger partial charge in [0, 0.05) is 18.3 Å². The topological polar surface area (TPSA) is 65.2 Å². The first-order valence-electron chi connectivity index (χ1n) is 9.41. The van der Waals surface area contributed by atoms with Crippen LogP contribution in [0.1, 0.15) is 62.8 Å². The third-order valence-electron chi connectivity index (χ3n) is 5.45. The Morgan fingerprint density at radius 2 is 1.83 bits per heavy atom. The maximum absolute atomic E-state index is 12.3. The number of piperidine rings is 1. The number of nitrogens with zero attached hydrogens (tertiary/aromatic N) is 1. The first-order valence-corrected chi connectivity index (χ1v) is 9.41. The zero-order chi connectivity index (χ0) is 16.8. The fourth-order valence-electron chi connectivity index (χ4n) is 4.04. The first-order chi connectivity index (χ1) is 11.7. The summed E-state index contributed by atoms with van der Waals surface area (Å²) in [4.78, 5) is 28.6. The second kappa shape index (κ2) is 8.47. The fraction of sp³-hybridized carbons (Fsp3) is 0.684. The second-order valence-corrected chi connectivity index (χ2v) is 7.29. The number of hydrogen-bond donors (Lipinski definition) is 2. The summed E-state index contributed by atoms with van der Waals surface area (Å²) in [6.45, 7) is 2.36. The Balaban J connectivity index is 1.43. The van der Waals surface area contributed by atoms with Gasteiger partial charge in [-0.2, -0.15) is 0 Å². The third kappa shape index (κ3) is 4.94. The van der Waals surface area contributed by atoms with Crippen LogP contribution < -0.4 is 10.9 Å². The Morgan fingerprint density at radius 1 is 1.12 bits per heavy atom. The average molecular weight is 331 g/mol. The molecule has 3 rings (SSSR count). The number of aromatic amines is 1. The lowest BCUT2D eigenvalue weighted by molar-refractivity contribution is -0.123. The molecule has 0 radical (unpaired) electrons. The highest BCUT2D eigenvalue weighted by molar-refractivity contribution is 5.78. The third-order valence-corrected chi connectivity index (χ3v) is 5.45. The number of hydrogen-bond acceptors (Lipinski definition) is 3. The quantitative estimate of drug-likeness (QED) is 0.833. The van der Waals surface area contributed by atoms with E-state index in [0.29, 0.717) is 18.5 Å². The van der Waals surface area contributed by atoms with Gasteiger partial charge in [0.15, 0.2) is 0 Å². The van der Waals surface area contributed by atoms with Crippen molar-refractivity contribution in [2.75, 3.05) is 19.6 Å². The molecule has 1 aromatic heterocycles. The average Bonchev–Trinajstić information content (AvgIpc) is 2.84. The van der Waals surface area contributed by atoms with Crippen molar-refractivity contribution in [1.29, 1.82) is 0 Å². The smallest absolute Gasteiger partial charge is 0.248 e. The number of nitrogens with one attached hydrogen (secondary N) is 2. The van der Waals surface area contributed by atoms with Gasteiger partial charge >= 0.3 is 0 Å². The molecule has 1 aromatic rings. The van der Waals surface area contributed by atoms with Crippen LogP contribution in [0.15, 0.2) is 23.1 Å². The van der Waals surface area contributed by atoms with Gasteiger partial charge in [0.1, 0.15) is 0 Å². The van der Waals surface area contributed by atoms with Crippen LogP contribution in [-0.2, 0) is 4.79 Å². The standard InChI is InChI=1S/C19H29N3O2/c23-18-13-16(7-10-20-18)15-8-11-22(12-9-15)14-19(24)21-17-5-3-1-2-4-6-17/h7,10,13,15,17H,1-6,8-9,11-12,14H2,(H,20,23)(H,21,24). The molecule has 2 N–H and O–H groups in total. The number of rotatable bonds is 4. The van der Waals surface area contributed by atoms with Crippen LogP contribution in [0, 0.1) is 0 Å². The van der Waals surface area contributed by atoms with Gasteiger partial charge in [-0.3, -0.25) is 14.5 Å². The molecule has 132 valence electrons. The van der Waals surface area contributed by atoms with Crippen molar-refractivity contribution in [2.24, 2.45) is 0 Å². The Bertz CT molecular complexity index is 582. The molecule has 0 spiro atoms. The van der Waals surface area contributed by atoms with Gasteiger partial charge in [0.25, 0.3) is 0 Å². The lowest BCUT2D eigenvalue weighted by atomic mass is 9.90. The molecule has 0 atom stereocenters. The van der Waals surface area contributed by atoms with E-state index >= 15 is 0 Å². The number of likely N-dealkylation sites (tertiary alicyclic amines) is 1. The van der Waals surface area contributed by atoms with Crippen LogP contribution >= 0.6 is 0 Å². The van der Waals surface area contributed by atoms with Crippen LogP contribution in [0.3, 0.4) is 0 Å². The Labute approximate surface area is 143 Å². The van der Waals surface area contributed by atoms with Crippen LogP contribution in [0.4, 0.5) is 0 Å². The van der Waals surface area contributed by atoms with Crippen LogP contribution in [0.2, 0.25) is 0 Å². The van der Waals surface area contributed by atoms with Gasteiger partial charge in [0.2, 0.25) is 11.5 Å². The molecule has 2 heterocycles. The number of carbonyl (C=O) groups excluding carboxylic acids is 1. The summed E-state index contributed by atoms with van der Waals surface area (Å²) in [7, 11) is 0. The van der Waals surface area contributed by atoms with E-state index in [0.717, 1.165) is 44.3 Å². The van der Waals surface area contributed by atoms with Crippen molar-refractivity contribution in [3.8, 4) is 0 Å². The van der Waals surface area contributed by atoms with Crippen molar-refractivity contribution in [2.45, 2.75) is 63.3 Å². The SMILES string of the molecule is O=C(CN1CCC(c2cc[nH]c(=O)c2)CC1)NC1CCCCCC1. The lowest BCUT2D eigenvalue weighted by Crippen LogP contribution is -2.44. The maximum Gasteiger partial charge on any atom is 0.248 e. The zero-order valence-corrected chi connectivity index (χ0v) is 14.4. The molecule has 1 amide bonds. The van der Waals surface area contributed by atoms with E-state index < -0.39 is 0 Å². The molecule has 0 unspecified atom stereocenters. The number of H-pyrrole nitrogens is 1. The van der Waals surface area contributed by atoms with Crippen molar-refractivity contribution in [3.63, 3.8) is 0 Å². The van der Waals surface area contributed by atoms with E-state index in [1.165, 1.54) is 25.7 Å². The molecule has 5 nitrogen and oxygen atoms in total. The molecule has 0 bridgehead atoms. The predicted octanol–water partition coefficient (Wildman–Crippen LogP) is 2.39. The van der Waals surface area contributed by atoms with Gasteiger partial charge in [-0.15, -0.1) is 0 Å². The van der Waals surface area contributed by atoms with Crippen LogP contribution in [-0.4, -0.2) is 41.5 Å². The van der Waals surface area contributed by atoms with E-state index in [4.69, 9.17) is 0 Å². The van der Waals surface area contributed by atoms with Gasteiger partial charge < -0.3 is 10.3 Å². The largest absolute Gasteiger partial charge is 0.352 e. The molecule has 1 aliphatic carbocycles. The monoisotopic (exact) mass is 331 g/mol. The molecular formula is C19H29N3O2. The molecule has 1 saturated carbocycles. The number of aromatic nitrogens is 1. The Hall–Kier alpha value is -1.62. The van der Waals surface area contributed by atoms with Gasteiger partial charge in [-0.05, 0) is 56.3 Å². The van der Waals surface area contributed by atoms with Crippen molar-refractivity contribution in [1.82, 2.24) is 15.2 Å². The normalized spacial score (nSPS) is 21.3. The van der Waals surface area contributed by atoms with Crippen molar-refractivity contribution >= 4 is 5.91 Å². The minimum atomic E-state index is -0.0299. The molecule has 2 aliphatic rings. The summed E-state index contributed by atoms with van der Waals surface area (Å²) in [5.41, 5.74) is 1.10. The van der Waals surface area contributed by atoms with Crippen molar-refractivity contribution in [3.05, 3.63) is 34.2 Å². The zero-order valence-electron chi connectivity index (χ0n) is 14.4. The summed E-state index contributed by atoms with van der Waals surface area (Å²) >= 11 is 0. The molecule has 1 saturated heterocycles. The lowest BCUT2D eigenvalue weighted by Gasteiger charge is -2.32. The highest BCUT2D eigenvalue weighted by Crippen LogP contribution is 2.26. The van der Waals surface area contributed by atoms with Crippen LogP contribution in [0.25, 0.3) is 0 Å². The predicted molar refractivity (Wildman–Crippen MR) is 95.1 cm³/mol. The maximum atomic E-state index is 12.3. The van der Waals surface area contributed by atoms with Crippen LogP contribution in [0.5, 0.6) is 0 Å². The minimum absolute atomic E-state index is 0.0299. The molecule has 2 fully saturated rings. The Kier molecular flexibility index (Phi) is 6.07. The molecule has 5 heteroatoms. The van der Waals surface area contributed by atoms with Crippen molar-refractivity contribution < 1.29 is 4.79 Å². The van der Waals surface area contributed by atoms with E-state index in [-0.39, 0.29) is 11.5 Å². The minimum Gasteiger partial charge on any atom is -0.352 e. The number of carbonyl (C=O) groups is 1. The molecule has 1 aliphatic heterocycles.